The summed E-state index contributed by atoms with van der Waals surface area (Å²) in [6.45, 7) is 1.94. The van der Waals surface area contributed by atoms with Crippen LogP contribution in [0.25, 0.3) is 0 Å². The number of aliphatic hydroxyl groups is 1. The van der Waals surface area contributed by atoms with E-state index in [1.807, 2.05) is 6.92 Å². The van der Waals surface area contributed by atoms with Gasteiger partial charge in [-0.05, 0) is 24.6 Å². The van der Waals surface area contributed by atoms with Crippen molar-refractivity contribution in [2.24, 2.45) is 5.73 Å². The molecule has 0 aliphatic heterocycles. The van der Waals surface area contributed by atoms with Gasteiger partial charge in [-0.1, -0.05) is 13.3 Å². The first-order valence-corrected chi connectivity index (χ1v) is 5.37. The zero-order valence-corrected chi connectivity index (χ0v) is 10.8. The molecule has 0 spiro atoms. The normalized spacial score (nSPS) is 13.7. The molecule has 5 heteroatoms. The second kappa shape index (κ2) is 7.48. The molecule has 0 aliphatic carbocycles. The lowest BCUT2D eigenvalue weighted by Gasteiger charge is -2.19. The number of methoxy groups -OCH3 is 1. The summed E-state index contributed by atoms with van der Waals surface area (Å²) >= 11 is 0. The van der Waals surface area contributed by atoms with Crippen LogP contribution in [0.1, 0.15) is 31.4 Å². The fraction of sp³-hybridized carbons (Fsp3) is 0.500. The summed E-state index contributed by atoms with van der Waals surface area (Å²) < 4.78 is 18.5. The van der Waals surface area contributed by atoms with E-state index in [-0.39, 0.29) is 12.4 Å². The number of benzene rings is 1. The Morgan fingerprint density at radius 1 is 1.47 bits per heavy atom. The van der Waals surface area contributed by atoms with Crippen molar-refractivity contribution < 1.29 is 14.2 Å². The molecule has 1 aromatic carbocycles. The van der Waals surface area contributed by atoms with Gasteiger partial charge in [0, 0.05) is 5.56 Å². The maximum Gasteiger partial charge on any atom is 0.128 e. The molecular weight excluding hydrogens is 245 g/mol. The minimum atomic E-state index is -0.730. The molecule has 0 heterocycles. The number of aliphatic hydroxyl groups excluding tert-OH is 1. The first-order valence-electron chi connectivity index (χ1n) is 5.37. The Kier molecular flexibility index (Phi) is 7.11. The molecule has 0 fully saturated rings. The van der Waals surface area contributed by atoms with Crippen molar-refractivity contribution in [3.05, 3.63) is 29.6 Å². The molecule has 1 aromatic rings. The number of rotatable bonds is 5. The number of nitrogens with two attached hydrogens (primary N) is 1. The highest BCUT2D eigenvalue weighted by molar-refractivity contribution is 5.85. The molecule has 3 nitrogen and oxygen atoms in total. The van der Waals surface area contributed by atoms with Crippen LogP contribution in [0.5, 0.6) is 5.75 Å². The number of hydrogen-bond acceptors (Lipinski definition) is 3. The molecule has 0 radical (unpaired) electrons. The Bertz CT molecular complexity index is 349. The van der Waals surface area contributed by atoms with E-state index in [9.17, 15) is 9.50 Å². The van der Waals surface area contributed by atoms with Gasteiger partial charge >= 0.3 is 0 Å². The van der Waals surface area contributed by atoms with Crippen molar-refractivity contribution in [2.75, 3.05) is 7.11 Å². The van der Waals surface area contributed by atoms with Crippen LogP contribution in [0.2, 0.25) is 0 Å². The van der Waals surface area contributed by atoms with Crippen LogP contribution in [0.15, 0.2) is 18.2 Å². The molecule has 0 amide bonds. The largest absolute Gasteiger partial charge is 0.497 e. The third kappa shape index (κ3) is 4.15. The smallest absolute Gasteiger partial charge is 0.128 e. The molecule has 17 heavy (non-hydrogen) atoms. The molecule has 0 aromatic heterocycles. The number of halogens is 2. The zero-order chi connectivity index (χ0) is 12.1. The van der Waals surface area contributed by atoms with E-state index >= 15 is 0 Å². The molecule has 3 N–H and O–H groups in total. The van der Waals surface area contributed by atoms with Crippen molar-refractivity contribution in [3.8, 4) is 5.75 Å². The average Bonchev–Trinajstić information content (AvgIpc) is 2.29. The van der Waals surface area contributed by atoms with Crippen molar-refractivity contribution >= 4 is 12.4 Å². The van der Waals surface area contributed by atoms with Crippen LogP contribution in [0.4, 0.5) is 4.39 Å². The third-order valence-electron chi connectivity index (χ3n) is 2.56. The third-order valence-corrected chi connectivity index (χ3v) is 2.56. The van der Waals surface area contributed by atoms with Gasteiger partial charge in [-0.25, -0.2) is 4.39 Å². The molecule has 0 aliphatic rings. The second-order valence-electron chi connectivity index (χ2n) is 3.77. The lowest BCUT2D eigenvalue weighted by atomic mass is 9.98. The zero-order valence-electron chi connectivity index (χ0n) is 10.0. The minimum absolute atomic E-state index is 0. The van der Waals surface area contributed by atoms with Crippen LogP contribution < -0.4 is 10.5 Å². The highest BCUT2D eigenvalue weighted by Gasteiger charge is 2.19. The van der Waals surface area contributed by atoms with Gasteiger partial charge in [0.25, 0.3) is 0 Å². The second-order valence-corrected chi connectivity index (χ2v) is 3.77. The van der Waals surface area contributed by atoms with Crippen LogP contribution >= 0.6 is 12.4 Å². The fourth-order valence-electron chi connectivity index (χ4n) is 1.59. The SMILES string of the molecule is CCC[C@@H](O)[C@@H](N)c1cc(OC)ccc1F.Cl. The van der Waals surface area contributed by atoms with Gasteiger partial charge in [0.2, 0.25) is 0 Å². The molecule has 0 saturated carbocycles. The lowest BCUT2D eigenvalue weighted by molar-refractivity contribution is 0.132. The predicted molar refractivity (Wildman–Crippen MR) is 68.0 cm³/mol. The minimum Gasteiger partial charge on any atom is -0.497 e. The standard InChI is InChI=1S/C12H18FNO2.ClH/c1-3-4-11(15)12(14)9-7-8(16-2)5-6-10(9)13;/h5-7,11-12,15H,3-4,14H2,1-2H3;1H/t11-,12+;/m1./s1. The molecule has 0 saturated heterocycles. The Labute approximate surface area is 107 Å². The first kappa shape index (κ1) is 16.2. The summed E-state index contributed by atoms with van der Waals surface area (Å²) in [6, 6.07) is 3.64. The lowest BCUT2D eigenvalue weighted by Crippen LogP contribution is -2.26. The Balaban J connectivity index is 0.00000256. The van der Waals surface area contributed by atoms with Gasteiger partial charge in [0.05, 0.1) is 19.3 Å². The van der Waals surface area contributed by atoms with Gasteiger partial charge in [0.1, 0.15) is 11.6 Å². The molecule has 0 bridgehead atoms. The maximum absolute atomic E-state index is 13.5. The molecule has 1 rings (SSSR count). The summed E-state index contributed by atoms with van der Waals surface area (Å²) in [4.78, 5) is 0. The summed E-state index contributed by atoms with van der Waals surface area (Å²) in [7, 11) is 1.50. The average molecular weight is 264 g/mol. The number of hydrogen-bond donors (Lipinski definition) is 2. The summed E-state index contributed by atoms with van der Waals surface area (Å²) in [5.74, 6) is 0.124. The summed E-state index contributed by atoms with van der Waals surface area (Å²) in [5.41, 5.74) is 6.10. The molecular formula is C12H19ClFNO2. The quantitative estimate of drug-likeness (QED) is 0.858. The van der Waals surface area contributed by atoms with Crippen LogP contribution in [-0.2, 0) is 0 Å². The topological polar surface area (TPSA) is 55.5 Å². The Morgan fingerprint density at radius 3 is 2.65 bits per heavy atom. The van der Waals surface area contributed by atoms with Gasteiger partial charge in [-0.2, -0.15) is 0 Å². The van der Waals surface area contributed by atoms with Crippen molar-refractivity contribution in [1.82, 2.24) is 0 Å². The highest BCUT2D eigenvalue weighted by Crippen LogP contribution is 2.24. The Hall–Kier alpha value is -0.840. The molecule has 2 atom stereocenters. The van der Waals surface area contributed by atoms with Crippen LogP contribution in [-0.4, -0.2) is 18.3 Å². The molecule has 98 valence electrons. The van der Waals surface area contributed by atoms with Crippen LogP contribution in [0.3, 0.4) is 0 Å². The van der Waals surface area contributed by atoms with E-state index in [1.54, 1.807) is 0 Å². The van der Waals surface area contributed by atoms with E-state index in [0.717, 1.165) is 6.42 Å². The van der Waals surface area contributed by atoms with Crippen molar-refractivity contribution in [3.63, 3.8) is 0 Å². The molecule has 0 unspecified atom stereocenters. The predicted octanol–water partition coefficient (Wildman–Crippen LogP) is 2.42. The Morgan fingerprint density at radius 2 is 2.12 bits per heavy atom. The highest BCUT2D eigenvalue weighted by atomic mass is 35.5. The van der Waals surface area contributed by atoms with Crippen LogP contribution in [0, 0.1) is 5.82 Å². The van der Waals surface area contributed by atoms with Gasteiger partial charge in [-0.15, -0.1) is 12.4 Å². The van der Waals surface area contributed by atoms with Gasteiger partial charge in [-0.3, -0.25) is 0 Å². The van der Waals surface area contributed by atoms with Crippen molar-refractivity contribution in [1.29, 1.82) is 0 Å². The van der Waals surface area contributed by atoms with E-state index in [0.29, 0.717) is 17.7 Å². The monoisotopic (exact) mass is 263 g/mol. The first-order chi connectivity index (χ1) is 7.60. The fourth-order valence-corrected chi connectivity index (χ4v) is 1.59. The summed E-state index contributed by atoms with van der Waals surface area (Å²) in [5, 5.41) is 9.73. The van der Waals surface area contributed by atoms with Gasteiger partial charge in [0.15, 0.2) is 0 Å². The number of ether oxygens (including phenoxy) is 1. The van der Waals surface area contributed by atoms with E-state index in [4.69, 9.17) is 10.5 Å². The maximum atomic E-state index is 13.5. The van der Waals surface area contributed by atoms with E-state index in [1.165, 1.54) is 25.3 Å². The van der Waals surface area contributed by atoms with Gasteiger partial charge < -0.3 is 15.6 Å². The van der Waals surface area contributed by atoms with Crippen molar-refractivity contribution in [2.45, 2.75) is 31.9 Å². The van der Waals surface area contributed by atoms with E-state index < -0.39 is 18.0 Å². The summed E-state index contributed by atoms with van der Waals surface area (Å²) in [6.07, 6.45) is 0.629. The van der Waals surface area contributed by atoms with E-state index in [2.05, 4.69) is 0 Å².